The maximum absolute atomic E-state index is 12.3. The molecule has 0 saturated carbocycles. The summed E-state index contributed by atoms with van der Waals surface area (Å²) in [6.45, 7) is 3.02. The van der Waals surface area contributed by atoms with Crippen LogP contribution in [0.1, 0.15) is 17.1 Å². The molecule has 0 bridgehead atoms. The van der Waals surface area contributed by atoms with Gasteiger partial charge in [-0.05, 0) is 31.5 Å². The van der Waals surface area contributed by atoms with Crippen molar-refractivity contribution in [1.29, 1.82) is 0 Å². The molecule has 2 rings (SSSR count). The van der Waals surface area contributed by atoms with Crippen molar-refractivity contribution < 1.29 is 17.9 Å². The van der Waals surface area contributed by atoms with Crippen molar-refractivity contribution in [2.45, 2.75) is 25.3 Å². The molecular weight excluding hydrogens is 302 g/mol. The molecule has 0 aliphatic rings. The number of aliphatic hydroxyl groups excluding tert-OH is 1. The molecule has 0 aliphatic carbocycles. The van der Waals surface area contributed by atoms with Crippen LogP contribution >= 0.6 is 11.6 Å². The van der Waals surface area contributed by atoms with Crippen LogP contribution < -0.4 is 4.72 Å². The third-order valence-corrected chi connectivity index (χ3v) is 4.52. The molecule has 0 saturated heterocycles. The minimum absolute atomic E-state index is 0.0156. The van der Waals surface area contributed by atoms with Gasteiger partial charge in [0, 0.05) is 6.07 Å². The third-order valence-electron chi connectivity index (χ3n) is 2.74. The number of sulfonamides is 1. The van der Waals surface area contributed by atoms with E-state index in [4.69, 9.17) is 21.1 Å². The standard InChI is InChI=1S/C13H14ClNO4S/c1-8-3-4-12(11(14)5-8)15-20(17,18)13-6-10(7-16)19-9(13)2/h3-6,15-16H,7H2,1-2H3. The highest BCUT2D eigenvalue weighted by Gasteiger charge is 2.22. The lowest BCUT2D eigenvalue weighted by Crippen LogP contribution is -2.13. The Labute approximate surface area is 122 Å². The van der Waals surface area contributed by atoms with E-state index in [0.717, 1.165) is 5.56 Å². The van der Waals surface area contributed by atoms with Gasteiger partial charge in [0.05, 0.1) is 10.7 Å². The quantitative estimate of drug-likeness (QED) is 0.909. The van der Waals surface area contributed by atoms with Crippen LogP contribution in [0.4, 0.5) is 5.69 Å². The van der Waals surface area contributed by atoms with E-state index in [9.17, 15) is 8.42 Å². The van der Waals surface area contributed by atoms with E-state index in [1.54, 1.807) is 18.2 Å². The zero-order valence-electron chi connectivity index (χ0n) is 11.0. The fourth-order valence-corrected chi connectivity index (χ4v) is 3.39. The number of rotatable bonds is 4. The lowest BCUT2D eigenvalue weighted by molar-refractivity contribution is 0.245. The van der Waals surface area contributed by atoms with Gasteiger partial charge in [-0.1, -0.05) is 17.7 Å². The normalized spacial score (nSPS) is 11.6. The molecule has 20 heavy (non-hydrogen) atoms. The maximum atomic E-state index is 12.3. The van der Waals surface area contributed by atoms with Gasteiger partial charge in [0.25, 0.3) is 10.0 Å². The molecule has 1 aromatic heterocycles. The van der Waals surface area contributed by atoms with Gasteiger partial charge >= 0.3 is 0 Å². The summed E-state index contributed by atoms with van der Waals surface area (Å²) >= 11 is 6.00. The SMILES string of the molecule is Cc1ccc(NS(=O)(=O)c2cc(CO)oc2C)c(Cl)c1. The molecule has 1 aromatic carbocycles. The smallest absolute Gasteiger partial charge is 0.265 e. The van der Waals surface area contributed by atoms with E-state index in [2.05, 4.69) is 4.72 Å². The number of hydrogen-bond donors (Lipinski definition) is 2. The number of hydrogen-bond acceptors (Lipinski definition) is 4. The topological polar surface area (TPSA) is 79.5 Å². The molecule has 1 heterocycles. The number of aliphatic hydroxyl groups is 1. The van der Waals surface area contributed by atoms with Gasteiger partial charge in [0.2, 0.25) is 0 Å². The van der Waals surface area contributed by atoms with Crippen LogP contribution in [-0.2, 0) is 16.6 Å². The first kappa shape index (κ1) is 14.9. The van der Waals surface area contributed by atoms with E-state index in [1.165, 1.54) is 13.0 Å². The molecule has 0 unspecified atom stereocenters. The lowest BCUT2D eigenvalue weighted by Gasteiger charge is -2.09. The molecule has 0 amide bonds. The van der Waals surface area contributed by atoms with Crippen LogP contribution in [0.5, 0.6) is 0 Å². The molecule has 0 aliphatic heterocycles. The van der Waals surface area contributed by atoms with E-state index in [-0.39, 0.29) is 23.0 Å². The van der Waals surface area contributed by atoms with Gasteiger partial charge in [0.1, 0.15) is 23.0 Å². The summed E-state index contributed by atoms with van der Waals surface area (Å²) in [5.41, 5.74) is 1.23. The van der Waals surface area contributed by atoms with Crippen LogP contribution in [0, 0.1) is 13.8 Å². The number of benzene rings is 1. The third kappa shape index (κ3) is 2.98. The van der Waals surface area contributed by atoms with E-state index in [0.29, 0.717) is 10.7 Å². The van der Waals surface area contributed by atoms with Gasteiger partial charge in [-0.2, -0.15) is 0 Å². The van der Waals surface area contributed by atoms with Crippen LogP contribution in [0.3, 0.4) is 0 Å². The van der Waals surface area contributed by atoms with Crippen LogP contribution in [-0.4, -0.2) is 13.5 Å². The summed E-state index contributed by atoms with van der Waals surface area (Å²) in [6.07, 6.45) is 0. The van der Waals surface area contributed by atoms with Crippen LogP contribution in [0.2, 0.25) is 5.02 Å². The average Bonchev–Trinajstić information content (AvgIpc) is 2.75. The Bertz CT molecular complexity index is 737. The summed E-state index contributed by atoms with van der Waals surface area (Å²) in [6, 6.07) is 6.31. The van der Waals surface area contributed by atoms with E-state index >= 15 is 0 Å². The van der Waals surface area contributed by atoms with Crippen molar-refractivity contribution >= 4 is 27.3 Å². The Balaban J connectivity index is 2.38. The Hall–Kier alpha value is -1.50. The number of aryl methyl sites for hydroxylation is 2. The number of furan rings is 1. The summed E-state index contributed by atoms with van der Waals surface area (Å²) in [5.74, 6) is 0.405. The summed E-state index contributed by atoms with van der Waals surface area (Å²) in [7, 11) is -3.81. The predicted octanol–water partition coefficient (Wildman–Crippen LogP) is 2.84. The van der Waals surface area contributed by atoms with E-state index in [1.807, 2.05) is 6.92 Å². The van der Waals surface area contributed by atoms with Crippen LogP contribution in [0.15, 0.2) is 33.6 Å². The molecule has 0 radical (unpaired) electrons. The minimum Gasteiger partial charge on any atom is -0.462 e. The monoisotopic (exact) mass is 315 g/mol. The molecule has 0 spiro atoms. The van der Waals surface area contributed by atoms with E-state index < -0.39 is 10.0 Å². The fourth-order valence-electron chi connectivity index (χ4n) is 1.77. The van der Waals surface area contributed by atoms with Gasteiger partial charge in [-0.25, -0.2) is 8.42 Å². The first-order valence-electron chi connectivity index (χ1n) is 5.82. The molecule has 2 aromatic rings. The number of halogens is 1. The Kier molecular flexibility index (Phi) is 4.08. The fraction of sp³-hybridized carbons (Fsp3) is 0.231. The van der Waals surface area contributed by atoms with Crippen molar-refractivity contribution in [2.75, 3.05) is 4.72 Å². The summed E-state index contributed by atoms with van der Waals surface area (Å²) < 4.78 is 32.1. The second-order valence-corrected chi connectivity index (χ2v) is 6.44. The summed E-state index contributed by atoms with van der Waals surface area (Å²) in [4.78, 5) is -0.0156. The first-order valence-corrected chi connectivity index (χ1v) is 7.69. The van der Waals surface area contributed by atoms with Crippen molar-refractivity contribution in [3.63, 3.8) is 0 Å². The van der Waals surface area contributed by atoms with Gasteiger partial charge < -0.3 is 9.52 Å². The minimum atomic E-state index is -3.81. The highest BCUT2D eigenvalue weighted by Crippen LogP contribution is 2.27. The molecule has 0 fully saturated rings. The van der Waals surface area contributed by atoms with Crippen molar-refractivity contribution in [2.24, 2.45) is 0 Å². The van der Waals surface area contributed by atoms with Crippen molar-refractivity contribution in [3.8, 4) is 0 Å². The number of nitrogens with one attached hydrogen (secondary N) is 1. The highest BCUT2D eigenvalue weighted by atomic mass is 35.5. The Morgan fingerprint density at radius 3 is 2.55 bits per heavy atom. The predicted molar refractivity (Wildman–Crippen MR) is 76.4 cm³/mol. The largest absolute Gasteiger partial charge is 0.462 e. The molecule has 5 nitrogen and oxygen atoms in total. The molecule has 108 valence electrons. The second-order valence-electron chi connectivity index (χ2n) is 4.38. The zero-order valence-corrected chi connectivity index (χ0v) is 12.5. The van der Waals surface area contributed by atoms with Gasteiger partial charge in [-0.15, -0.1) is 0 Å². The highest BCUT2D eigenvalue weighted by molar-refractivity contribution is 7.92. The second kappa shape index (κ2) is 5.47. The van der Waals surface area contributed by atoms with Crippen molar-refractivity contribution in [3.05, 3.63) is 46.4 Å². The average molecular weight is 316 g/mol. The van der Waals surface area contributed by atoms with Crippen molar-refractivity contribution in [1.82, 2.24) is 0 Å². The number of anilines is 1. The van der Waals surface area contributed by atoms with Gasteiger partial charge in [0.15, 0.2) is 0 Å². The Morgan fingerprint density at radius 2 is 2.00 bits per heavy atom. The first-order chi connectivity index (χ1) is 9.33. The van der Waals surface area contributed by atoms with Crippen LogP contribution in [0.25, 0.3) is 0 Å². The summed E-state index contributed by atoms with van der Waals surface area (Å²) in [5, 5.41) is 9.29. The maximum Gasteiger partial charge on any atom is 0.265 e. The molecule has 0 atom stereocenters. The molecular formula is C13H14ClNO4S. The molecule has 2 N–H and O–H groups in total. The van der Waals surface area contributed by atoms with Gasteiger partial charge in [-0.3, -0.25) is 4.72 Å². The Morgan fingerprint density at radius 1 is 1.30 bits per heavy atom. The molecule has 7 heteroatoms. The lowest BCUT2D eigenvalue weighted by atomic mass is 10.2. The zero-order chi connectivity index (χ0) is 14.9.